The van der Waals surface area contributed by atoms with Crippen molar-refractivity contribution in [2.45, 2.75) is 20.8 Å². The molecule has 0 spiro atoms. The third kappa shape index (κ3) is 15.8. The minimum absolute atomic E-state index is 0.914. The Morgan fingerprint density at radius 3 is 2.10 bits per heavy atom. The summed E-state index contributed by atoms with van der Waals surface area (Å²) in [7, 11) is 0. The quantitative estimate of drug-likeness (QED) is 0.474. The topological polar surface area (TPSA) is 37.3 Å². The highest BCUT2D eigenvalue weighted by molar-refractivity contribution is 5.80. The molecular weight excluding hydrogens is 128 g/mol. The van der Waals surface area contributed by atoms with E-state index in [1.165, 1.54) is 6.08 Å². The van der Waals surface area contributed by atoms with Gasteiger partial charge in [-0.2, -0.15) is 0 Å². The zero-order valence-corrected chi connectivity index (χ0v) is 6.66. The van der Waals surface area contributed by atoms with Crippen LogP contribution in [0.3, 0.4) is 0 Å². The number of hydrogen-bond acceptors (Lipinski definition) is 1. The van der Waals surface area contributed by atoms with Gasteiger partial charge in [0.2, 0.25) is 0 Å². The number of allylic oxidation sites excluding steroid dienone is 3. The van der Waals surface area contributed by atoms with E-state index < -0.39 is 5.97 Å². The van der Waals surface area contributed by atoms with E-state index in [2.05, 4.69) is 0 Å². The molecule has 2 nitrogen and oxygen atoms in total. The Labute approximate surface area is 61.9 Å². The molecule has 0 rings (SSSR count). The summed E-state index contributed by atoms with van der Waals surface area (Å²) < 4.78 is 0. The monoisotopic (exact) mass is 142 g/mol. The van der Waals surface area contributed by atoms with Crippen molar-refractivity contribution >= 4 is 5.97 Å². The summed E-state index contributed by atoms with van der Waals surface area (Å²) in [5.74, 6) is -0.914. The first-order valence-electron chi connectivity index (χ1n) is 3.29. The molecule has 0 aromatic heterocycles. The molecule has 0 radical (unpaired) electrons. The van der Waals surface area contributed by atoms with E-state index in [1.54, 1.807) is 12.2 Å². The maximum Gasteiger partial charge on any atom is 0.328 e. The average Bonchev–Trinajstić information content (AvgIpc) is 1.92. The van der Waals surface area contributed by atoms with Crippen LogP contribution in [0.25, 0.3) is 0 Å². The highest BCUT2D eigenvalue weighted by Crippen LogP contribution is 1.74. The normalized spacial score (nSPS) is 9.50. The van der Waals surface area contributed by atoms with E-state index in [0.29, 0.717) is 0 Å². The van der Waals surface area contributed by atoms with E-state index in [-0.39, 0.29) is 0 Å². The second-order valence-corrected chi connectivity index (χ2v) is 1.22. The smallest absolute Gasteiger partial charge is 0.328 e. The molecule has 0 aromatic carbocycles. The fraction of sp³-hybridized carbons (Fsp3) is 0.375. The third-order valence-electron chi connectivity index (χ3n) is 0.542. The van der Waals surface area contributed by atoms with Crippen molar-refractivity contribution in [1.82, 2.24) is 0 Å². The Morgan fingerprint density at radius 1 is 1.30 bits per heavy atom. The van der Waals surface area contributed by atoms with Crippen LogP contribution in [0.4, 0.5) is 0 Å². The van der Waals surface area contributed by atoms with E-state index in [9.17, 15) is 4.79 Å². The second-order valence-electron chi connectivity index (χ2n) is 1.22. The van der Waals surface area contributed by atoms with E-state index in [1.807, 2.05) is 20.8 Å². The molecule has 0 heterocycles. The van der Waals surface area contributed by atoms with Crippen LogP contribution in [-0.4, -0.2) is 11.1 Å². The van der Waals surface area contributed by atoms with Gasteiger partial charge in [-0.05, 0) is 6.92 Å². The van der Waals surface area contributed by atoms with Gasteiger partial charge in [-0.15, -0.1) is 0 Å². The number of rotatable bonds is 2. The first kappa shape index (κ1) is 11.7. The molecule has 0 aliphatic carbocycles. The predicted octanol–water partition coefficient (Wildman–Crippen LogP) is 2.23. The molecule has 1 N–H and O–H groups in total. The Morgan fingerprint density at radius 2 is 1.80 bits per heavy atom. The largest absolute Gasteiger partial charge is 0.478 e. The van der Waals surface area contributed by atoms with Crippen LogP contribution in [-0.2, 0) is 4.79 Å². The first-order chi connectivity index (χ1) is 4.77. The minimum Gasteiger partial charge on any atom is -0.478 e. The van der Waals surface area contributed by atoms with Crippen LogP contribution < -0.4 is 0 Å². The zero-order chi connectivity index (χ0) is 8.41. The maximum absolute atomic E-state index is 9.75. The summed E-state index contributed by atoms with van der Waals surface area (Å²) in [5.41, 5.74) is 0. The van der Waals surface area contributed by atoms with Crippen LogP contribution in [0.5, 0.6) is 0 Å². The summed E-state index contributed by atoms with van der Waals surface area (Å²) >= 11 is 0. The van der Waals surface area contributed by atoms with E-state index >= 15 is 0 Å². The summed E-state index contributed by atoms with van der Waals surface area (Å²) in [6.45, 7) is 5.83. The summed E-state index contributed by atoms with van der Waals surface area (Å²) in [6, 6.07) is 0. The number of carboxylic acids is 1. The molecule has 58 valence electrons. The van der Waals surface area contributed by atoms with Crippen molar-refractivity contribution in [2.75, 3.05) is 0 Å². The SMILES string of the molecule is C/C=C/C=C/C(=O)O.CC. The molecule has 2 heteroatoms. The van der Waals surface area contributed by atoms with Crippen LogP contribution >= 0.6 is 0 Å². The number of carboxylic acid groups (broad SMARTS) is 1. The number of carbonyl (C=O) groups is 1. The van der Waals surface area contributed by atoms with Crippen LogP contribution in [0.1, 0.15) is 20.8 Å². The van der Waals surface area contributed by atoms with Crippen molar-refractivity contribution < 1.29 is 9.90 Å². The number of aliphatic carboxylic acids is 1. The van der Waals surface area contributed by atoms with Crippen LogP contribution in [0, 0.1) is 0 Å². The van der Waals surface area contributed by atoms with Crippen LogP contribution in [0.15, 0.2) is 24.3 Å². The summed E-state index contributed by atoms with van der Waals surface area (Å²) in [5, 5.41) is 8.02. The molecule has 0 fully saturated rings. The fourth-order valence-corrected chi connectivity index (χ4v) is 0.249. The molecule has 0 bridgehead atoms. The van der Waals surface area contributed by atoms with Crippen molar-refractivity contribution in [1.29, 1.82) is 0 Å². The van der Waals surface area contributed by atoms with Gasteiger partial charge in [0.1, 0.15) is 0 Å². The van der Waals surface area contributed by atoms with Crippen LogP contribution in [0.2, 0.25) is 0 Å². The Hall–Kier alpha value is -1.05. The maximum atomic E-state index is 9.75. The highest BCUT2D eigenvalue weighted by Gasteiger charge is 1.78. The lowest BCUT2D eigenvalue weighted by Gasteiger charge is -1.72. The molecule has 0 atom stereocenters. The van der Waals surface area contributed by atoms with Crippen molar-refractivity contribution in [2.24, 2.45) is 0 Å². The van der Waals surface area contributed by atoms with Gasteiger partial charge in [0.25, 0.3) is 0 Å². The lowest BCUT2D eigenvalue weighted by molar-refractivity contribution is -0.131. The van der Waals surface area contributed by atoms with Gasteiger partial charge in [-0.1, -0.05) is 32.1 Å². The highest BCUT2D eigenvalue weighted by atomic mass is 16.4. The third-order valence-corrected chi connectivity index (χ3v) is 0.542. The first-order valence-corrected chi connectivity index (χ1v) is 3.29. The van der Waals surface area contributed by atoms with E-state index in [0.717, 1.165) is 6.08 Å². The molecule has 0 aromatic rings. The molecule has 0 aliphatic rings. The predicted molar refractivity (Wildman–Crippen MR) is 42.9 cm³/mol. The Bertz CT molecular complexity index is 123. The molecular formula is C8H14O2. The van der Waals surface area contributed by atoms with Crippen molar-refractivity contribution in [3.63, 3.8) is 0 Å². The second kappa shape index (κ2) is 10.8. The van der Waals surface area contributed by atoms with Gasteiger partial charge in [-0.25, -0.2) is 4.79 Å². The van der Waals surface area contributed by atoms with Crippen molar-refractivity contribution in [3.8, 4) is 0 Å². The summed E-state index contributed by atoms with van der Waals surface area (Å²) in [4.78, 5) is 9.75. The Balaban J connectivity index is 0. The summed E-state index contributed by atoms with van der Waals surface area (Å²) in [6.07, 6.45) is 5.98. The standard InChI is InChI=1S/C6H8O2.C2H6/c1-2-3-4-5-6(7)8;1-2/h2-5H,1H3,(H,7,8);1-2H3/b3-2+,5-4+;. The van der Waals surface area contributed by atoms with Gasteiger partial charge >= 0.3 is 5.97 Å². The van der Waals surface area contributed by atoms with Gasteiger partial charge in [-0.3, -0.25) is 0 Å². The van der Waals surface area contributed by atoms with E-state index in [4.69, 9.17) is 5.11 Å². The van der Waals surface area contributed by atoms with Gasteiger partial charge in [0.15, 0.2) is 0 Å². The molecule has 0 amide bonds. The van der Waals surface area contributed by atoms with Crippen molar-refractivity contribution in [3.05, 3.63) is 24.3 Å². The van der Waals surface area contributed by atoms with Gasteiger partial charge in [0.05, 0.1) is 0 Å². The lowest BCUT2D eigenvalue weighted by atomic mass is 10.4. The molecule has 0 saturated heterocycles. The zero-order valence-electron chi connectivity index (χ0n) is 6.66. The molecule has 0 aliphatic heterocycles. The lowest BCUT2D eigenvalue weighted by Crippen LogP contribution is -1.83. The van der Waals surface area contributed by atoms with Gasteiger partial charge in [0, 0.05) is 6.08 Å². The number of hydrogen-bond donors (Lipinski definition) is 1. The Kier molecular flexibility index (Phi) is 12.7. The average molecular weight is 142 g/mol. The minimum atomic E-state index is -0.914. The molecule has 0 unspecified atom stereocenters. The fourth-order valence-electron chi connectivity index (χ4n) is 0.249. The molecule has 10 heavy (non-hydrogen) atoms. The molecule has 0 saturated carbocycles. The van der Waals surface area contributed by atoms with Gasteiger partial charge < -0.3 is 5.11 Å².